The van der Waals surface area contributed by atoms with Gasteiger partial charge in [-0.15, -0.1) is 0 Å². The summed E-state index contributed by atoms with van der Waals surface area (Å²) < 4.78 is 27.1. The molecular formula is C11H15BrN2O2S. The van der Waals surface area contributed by atoms with Crippen molar-refractivity contribution in [3.63, 3.8) is 0 Å². The van der Waals surface area contributed by atoms with Gasteiger partial charge in [0.05, 0.1) is 4.90 Å². The molecule has 0 aromatic heterocycles. The second kappa shape index (κ2) is 5.48. The highest BCUT2D eigenvalue weighted by Gasteiger charge is 2.24. The summed E-state index contributed by atoms with van der Waals surface area (Å²) in [6, 6.07) is 6.85. The first-order valence-corrected chi connectivity index (χ1v) is 7.80. The zero-order chi connectivity index (χ0) is 12.3. The monoisotopic (exact) mass is 318 g/mol. The predicted octanol–water partition coefficient (Wildman–Crippen LogP) is 1.43. The van der Waals surface area contributed by atoms with Gasteiger partial charge in [-0.3, -0.25) is 0 Å². The molecule has 0 unspecified atom stereocenters. The highest BCUT2D eigenvalue weighted by Crippen LogP contribution is 2.20. The Morgan fingerprint density at radius 3 is 2.82 bits per heavy atom. The number of hydrogen-bond acceptors (Lipinski definition) is 3. The summed E-state index contributed by atoms with van der Waals surface area (Å²) in [6.07, 6.45) is 0.854. The van der Waals surface area contributed by atoms with Crippen LogP contribution in [0.3, 0.4) is 0 Å². The lowest BCUT2D eigenvalue weighted by atomic mass is 10.4. The van der Waals surface area contributed by atoms with Gasteiger partial charge in [-0.05, 0) is 31.2 Å². The van der Waals surface area contributed by atoms with Gasteiger partial charge in [0, 0.05) is 24.1 Å². The van der Waals surface area contributed by atoms with Crippen LogP contribution in [0, 0.1) is 0 Å². The van der Waals surface area contributed by atoms with Crippen molar-refractivity contribution in [2.75, 3.05) is 26.2 Å². The number of halogens is 1. The molecule has 1 fully saturated rings. The van der Waals surface area contributed by atoms with E-state index >= 15 is 0 Å². The van der Waals surface area contributed by atoms with Gasteiger partial charge < -0.3 is 5.32 Å². The molecule has 6 heteroatoms. The summed E-state index contributed by atoms with van der Waals surface area (Å²) in [7, 11) is -3.34. The molecule has 1 aromatic carbocycles. The quantitative estimate of drug-likeness (QED) is 0.897. The summed E-state index contributed by atoms with van der Waals surface area (Å²) in [5.74, 6) is 0. The smallest absolute Gasteiger partial charge is 0.243 e. The fourth-order valence-corrected chi connectivity index (χ4v) is 3.91. The first-order chi connectivity index (χ1) is 8.10. The van der Waals surface area contributed by atoms with Crippen LogP contribution in [0.4, 0.5) is 0 Å². The molecule has 1 saturated heterocycles. The Hall–Kier alpha value is -0.430. The van der Waals surface area contributed by atoms with E-state index in [1.165, 1.54) is 0 Å². The molecule has 0 saturated carbocycles. The Bertz CT molecular complexity index is 482. The van der Waals surface area contributed by atoms with E-state index in [0.717, 1.165) is 17.4 Å². The average molecular weight is 319 g/mol. The summed E-state index contributed by atoms with van der Waals surface area (Å²) in [5.41, 5.74) is 0. The van der Waals surface area contributed by atoms with Gasteiger partial charge >= 0.3 is 0 Å². The third-order valence-electron chi connectivity index (χ3n) is 2.73. The van der Waals surface area contributed by atoms with E-state index in [1.807, 2.05) is 6.07 Å². The third-order valence-corrected chi connectivity index (χ3v) is 5.12. The Morgan fingerprint density at radius 1 is 1.24 bits per heavy atom. The molecule has 0 aliphatic carbocycles. The number of hydrogen-bond donors (Lipinski definition) is 1. The normalized spacial score (nSPS) is 18.9. The van der Waals surface area contributed by atoms with Gasteiger partial charge in [0.1, 0.15) is 0 Å². The molecule has 94 valence electrons. The van der Waals surface area contributed by atoms with Crippen LogP contribution in [0.1, 0.15) is 6.42 Å². The molecule has 0 amide bonds. The number of benzene rings is 1. The maximum Gasteiger partial charge on any atom is 0.243 e. The summed E-state index contributed by atoms with van der Waals surface area (Å²) in [4.78, 5) is 0.355. The molecule has 1 N–H and O–H groups in total. The topological polar surface area (TPSA) is 49.4 Å². The van der Waals surface area contributed by atoms with Gasteiger partial charge in [-0.25, -0.2) is 8.42 Å². The van der Waals surface area contributed by atoms with E-state index in [4.69, 9.17) is 0 Å². The molecule has 0 atom stereocenters. The van der Waals surface area contributed by atoms with Crippen LogP contribution in [0.25, 0.3) is 0 Å². The minimum atomic E-state index is -3.34. The van der Waals surface area contributed by atoms with Crippen molar-refractivity contribution in [1.29, 1.82) is 0 Å². The van der Waals surface area contributed by atoms with E-state index in [2.05, 4.69) is 21.2 Å². The Morgan fingerprint density at radius 2 is 2.06 bits per heavy atom. The lowest BCUT2D eigenvalue weighted by Gasteiger charge is -2.19. The van der Waals surface area contributed by atoms with Crippen molar-refractivity contribution in [3.05, 3.63) is 28.7 Å². The zero-order valence-corrected chi connectivity index (χ0v) is 11.8. The van der Waals surface area contributed by atoms with Crippen molar-refractivity contribution >= 4 is 26.0 Å². The van der Waals surface area contributed by atoms with E-state index in [1.54, 1.807) is 22.5 Å². The molecule has 0 bridgehead atoms. The minimum Gasteiger partial charge on any atom is -0.315 e. The van der Waals surface area contributed by atoms with Gasteiger partial charge in [0.2, 0.25) is 10.0 Å². The Kier molecular flexibility index (Phi) is 4.19. The summed E-state index contributed by atoms with van der Waals surface area (Å²) in [6.45, 7) is 2.72. The van der Waals surface area contributed by atoms with E-state index < -0.39 is 10.0 Å². The van der Waals surface area contributed by atoms with E-state index in [9.17, 15) is 8.42 Å². The van der Waals surface area contributed by atoms with Gasteiger partial charge in [0.25, 0.3) is 0 Å². The SMILES string of the molecule is O=S(=O)(c1cccc(Br)c1)N1CCCNCC1. The summed E-state index contributed by atoms with van der Waals surface area (Å²) >= 11 is 3.30. The van der Waals surface area contributed by atoms with Crippen LogP contribution in [0.15, 0.2) is 33.6 Å². The second-order valence-corrected chi connectivity index (χ2v) is 6.82. The fourth-order valence-electron chi connectivity index (χ4n) is 1.84. The standard InChI is InChI=1S/C11H15BrN2O2S/c12-10-3-1-4-11(9-10)17(15,16)14-7-2-5-13-6-8-14/h1,3-4,9,13H,2,5-8H2. The fraction of sp³-hybridized carbons (Fsp3) is 0.455. The number of nitrogens with one attached hydrogen (secondary N) is 1. The van der Waals surface area contributed by atoms with Crippen molar-refractivity contribution in [2.24, 2.45) is 0 Å². The number of rotatable bonds is 2. The van der Waals surface area contributed by atoms with Crippen molar-refractivity contribution in [2.45, 2.75) is 11.3 Å². The maximum absolute atomic E-state index is 12.4. The first kappa shape index (κ1) is 13.0. The molecule has 1 aromatic rings. The van der Waals surface area contributed by atoms with Crippen molar-refractivity contribution in [3.8, 4) is 0 Å². The van der Waals surface area contributed by atoms with Crippen LogP contribution in [-0.2, 0) is 10.0 Å². The van der Waals surface area contributed by atoms with Crippen LogP contribution in [-0.4, -0.2) is 38.9 Å². The van der Waals surface area contributed by atoms with Crippen LogP contribution < -0.4 is 5.32 Å². The molecule has 4 nitrogen and oxygen atoms in total. The van der Waals surface area contributed by atoms with Crippen LogP contribution in [0.5, 0.6) is 0 Å². The molecule has 1 aliphatic rings. The molecule has 1 heterocycles. The highest BCUT2D eigenvalue weighted by molar-refractivity contribution is 9.10. The largest absolute Gasteiger partial charge is 0.315 e. The maximum atomic E-state index is 12.4. The molecule has 17 heavy (non-hydrogen) atoms. The zero-order valence-electron chi connectivity index (χ0n) is 9.39. The van der Waals surface area contributed by atoms with Crippen molar-refractivity contribution in [1.82, 2.24) is 9.62 Å². The lowest BCUT2D eigenvalue weighted by Crippen LogP contribution is -2.34. The minimum absolute atomic E-state index is 0.355. The summed E-state index contributed by atoms with van der Waals surface area (Å²) in [5, 5.41) is 3.20. The van der Waals surface area contributed by atoms with Gasteiger partial charge in [-0.1, -0.05) is 22.0 Å². The van der Waals surface area contributed by atoms with Crippen molar-refractivity contribution < 1.29 is 8.42 Å². The van der Waals surface area contributed by atoms with Gasteiger partial charge in [0.15, 0.2) is 0 Å². The number of sulfonamides is 1. The third kappa shape index (κ3) is 3.07. The van der Waals surface area contributed by atoms with Gasteiger partial charge in [-0.2, -0.15) is 4.31 Å². The van der Waals surface area contributed by atoms with E-state index in [0.29, 0.717) is 24.5 Å². The van der Waals surface area contributed by atoms with Crippen LogP contribution >= 0.6 is 15.9 Å². The molecule has 0 radical (unpaired) electrons. The van der Waals surface area contributed by atoms with Crippen LogP contribution in [0.2, 0.25) is 0 Å². The highest BCUT2D eigenvalue weighted by atomic mass is 79.9. The average Bonchev–Trinajstić information content (AvgIpc) is 2.58. The molecular weight excluding hydrogens is 304 g/mol. The Balaban J connectivity index is 2.28. The van der Waals surface area contributed by atoms with E-state index in [-0.39, 0.29) is 0 Å². The first-order valence-electron chi connectivity index (χ1n) is 5.57. The molecule has 2 rings (SSSR count). The Labute approximate surface area is 110 Å². The predicted molar refractivity (Wildman–Crippen MR) is 70.4 cm³/mol. The number of nitrogens with zero attached hydrogens (tertiary/aromatic N) is 1. The molecule has 1 aliphatic heterocycles. The molecule has 0 spiro atoms. The lowest BCUT2D eigenvalue weighted by molar-refractivity contribution is 0.432. The second-order valence-electron chi connectivity index (χ2n) is 3.97.